The first-order valence-electron chi connectivity index (χ1n) is 10.6. The van der Waals surface area contributed by atoms with Gasteiger partial charge in [0.15, 0.2) is 5.13 Å². The van der Waals surface area contributed by atoms with E-state index in [0.717, 1.165) is 21.9 Å². The minimum absolute atomic E-state index is 0.118. The fraction of sp³-hybridized carbons (Fsp3) is 0.160. The number of benzene rings is 2. The third-order valence-corrected chi connectivity index (χ3v) is 7.47. The summed E-state index contributed by atoms with van der Waals surface area (Å²) in [5.41, 5.74) is 2.49. The van der Waals surface area contributed by atoms with E-state index in [0.29, 0.717) is 22.3 Å². The van der Waals surface area contributed by atoms with Gasteiger partial charge in [0.1, 0.15) is 5.75 Å². The second-order valence-corrected chi connectivity index (χ2v) is 10.4. The Kier molecular flexibility index (Phi) is 7.99. The lowest BCUT2D eigenvalue weighted by molar-refractivity contribution is -0.115. The minimum Gasteiger partial charge on any atom is -0.494 e. The number of rotatable bonds is 9. The fourth-order valence-corrected chi connectivity index (χ4v) is 5.24. The maximum Gasteiger partial charge on any atom is 0.265 e. The number of anilines is 2. The number of hydrogen-bond donors (Lipinski definition) is 2. The molecule has 174 valence electrons. The molecule has 1 unspecified atom stereocenters. The second-order valence-electron chi connectivity index (χ2n) is 7.20. The molecule has 2 amide bonds. The zero-order valence-corrected chi connectivity index (χ0v) is 21.1. The van der Waals surface area contributed by atoms with Gasteiger partial charge in [-0.1, -0.05) is 6.07 Å². The summed E-state index contributed by atoms with van der Waals surface area (Å²) in [6, 6.07) is 18.8. The van der Waals surface area contributed by atoms with Crippen molar-refractivity contribution in [1.82, 2.24) is 4.98 Å². The zero-order valence-electron chi connectivity index (χ0n) is 18.6. The summed E-state index contributed by atoms with van der Waals surface area (Å²) in [7, 11) is 0. The van der Waals surface area contributed by atoms with Gasteiger partial charge >= 0.3 is 0 Å². The molecule has 2 aromatic carbocycles. The van der Waals surface area contributed by atoms with E-state index in [1.54, 1.807) is 6.07 Å². The van der Waals surface area contributed by atoms with Crippen LogP contribution in [0.3, 0.4) is 0 Å². The van der Waals surface area contributed by atoms with E-state index < -0.39 is 0 Å². The van der Waals surface area contributed by atoms with Crippen LogP contribution >= 0.6 is 34.4 Å². The van der Waals surface area contributed by atoms with Gasteiger partial charge in [-0.3, -0.25) is 9.59 Å². The smallest absolute Gasteiger partial charge is 0.265 e. The van der Waals surface area contributed by atoms with E-state index in [-0.39, 0.29) is 17.1 Å². The fourth-order valence-electron chi connectivity index (χ4n) is 3.03. The Hall–Kier alpha value is -3.14. The van der Waals surface area contributed by atoms with Crippen molar-refractivity contribution in [3.63, 3.8) is 0 Å². The average Bonchev–Trinajstić information content (AvgIpc) is 3.54. The number of nitrogens with one attached hydrogen (secondary N) is 2. The number of carbonyl (C=O) groups excluding carboxylic acids is 2. The molecule has 6 nitrogen and oxygen atoms in total. The van der Waals surface area contributed by atoms with Crippen LogP contribution in [0.25, 0.3) is 11.3 Å². The van der Waals surface area contributed by atoms with E-state index >= 15 is 0 Å². The molecule has 0 saturated heterocycles. The molecule has 0 fully saturated rings. The third-order valence-electron chi connectivity index (χ3n) is 4.73. The summed E-state index contributed by atoms with van der Waals surface area (Å²) in [6.45, 7) is 4.43. The average molecular weight is 510 g/mol. The normalized spacial score (nSPS) is 11.6. The number of amides is 2. The third kappa shape index (κ3) is 6.25. The predicted octanol–water partition coefficient (Wildman–Crippen LogP) is 6.64. The Labute approximate surface area is 210 Å². The van der Waals surface area contributed by atoms with Crippen molar-refractivity contribution < 1.29 is 14.3 Å². The van der Waals surface area contributed by atoms with Gasteiger partial charge in [-0.15, -0.1) is 34.4 Å². The van der Waals surface area contributed by atoms with Gasteiger partial charge in [-0.25, -0.2) is 4.98 Å². The quantitative estimate of drug-likeness (QED) is 0.247. The number of ether oxygens (including phenoxy) is 1. The number of carbonyl (C=O) groups is 2. The highest BCUT2D eigenvalue weighted by molar-refractivity contribution is 8.00. The van der Waals surface area contributed by atoms with Gasteiger partial charge < -0.3 is 15.4 Å². The number of aromatic nitrogens is 1. The molecule has 4 aromatic rings. The van der Waals surface area contributed by atoms with Crippen LogP contribution in [0.4, 0.5) is 10.8 Å². The van der Waals surface area contributed by atoms with Crippen LogP contribution in [-0.4, -0.2) is 28.7 Å². The van der Waals surface area contributed by atoms with Gasteiger partial charge in [0.2, 0.25) is 5.91 Å². The summed E-state index contributed by atoms with van der Waals surface area (Å²) < 4.78 is 5.47. The van der Waals surface area contributed by atoms with Crippen LogP contribution < -0.4 is 15.4 Å². The van der Waals surface area contributed by atoms with Crippen LogP contribution in [-0.2, 0) is 4.79 Å². The van der Waals surface area contributed by atoms with E-state index in [2.05, 4.69) is 15.6 Å². The molecule has 0 aliphatic heterocycles. The van der Waals surface area contributed by atoms with Gasteiger partial charge in [0.05, 0.1) is 22.4 Å². The first-order chi connectivity index (χ1) is 16.5. The molecule has 0 saturated carbocycles. The standard InChI is InChI=1S/C25H23N3O3S3/c1-3-31-19-10-6-17(7-11-19)21-15-33-25(27-21)28-23(29)16(2)34-20-12-8-18(9-13-20)26-24(30)22-5-4-14-32-22/h4-16H,3H2,1-2H3,(H,26,30)(H,27,28,29). The van der Waals surface area contributed by atoms with Crippen LogP contribution in [0.2, 0.25) is 0 Å². The zero-order chi connectivity index (χ0) is 23.9. The van der Waals surface area contributed by atoms with E-state index in [9.17, 15) is 9.59 Å². The van der Waals surface area contributed by atoms with E-state index in [4.69, 9.17) is 4.74 Å². The molecule has 0 aliphatic carbocycles. The molecule has 34 heavy (non-hydrogen) atoms. The molecule has 9 heteroatoms. The lowest BCUT2D eigenvalue weighted by atomic mass is 10.2. The Bertz CT molecular complexity index is 1240. The summed E-state index contributed by atoms with van der Waals surface area (Å²) in [5, 5.41) is 9.82. The first kappa shape index (κ1) is 24.0. The monoisotopic (exact) mass is 509 g/mol. The van der Waals surface area contributed by atoms with Crippen molar-refractivity contribution in [2.24, 2.45) is 0 Å². The molecular weight excluding hydrogens is 486 g/mol. The molecule has 2 N–H and O–H groups in total. The summed E-state index contributed by atoms with van der Waals surface area (Å²) in [6.07, 6.45) is 0. The Morgan fingerprint density at radius 3 is 2.47 bits per heavy atom. The van der Waals surface area contributed by atoms with Crippen molar-refractivity contribution in [1.29, 1.82) is 0 Å². The van der Waals surface area contributed by atoms with Crippen molar-refractivity contribution in [2.75, 3.05) is 17.2 Å². The van der Waals surface area contributed by atoms with Crippen LogP contribution in [0.1, 0.15) is 23.5 Å². The predicted molar refractivity (Wildman–Crippen MR) is 141 cm³/mol. The highest BCUT2D eigenvalue weighted by atomic mass is 32.2. The van der Waals surface area contributed by atoms with Crippen LogP contribution in [0.5, 0.6) is 5.75 Å². The van der Waals surface area contributed by atoms with Crippen molar-refractivity contribution in [3.8, 4) is 17.0 Å². The van der Waals surface area contributed by atoms with Crippen LogP contribution in [0.15, 0.2) is 76.3 Å². The molecular formula is C25H23N3O3S3. The van der Waals surface area contributed by atoms with E-state index in [1.807, 2.05) is 79.2 Å². The number of hydrogen-bond acceptors (Lipinski definition) is 7. The Balaban J connectivity index is 1.30. The lowest BCUT2D eigenvalue weighted by Gasteiger charge is -2.11. The van der Waals surface area contributed by atoms with Crippen molar-refractivity contribution in [2.45, 2.75) is 24.0 Å². The maximum atomic E-state index is 12.7. The Morgan fingerprint density at radius 1 is 1.03 bits per heavy atom. The summed E-state index contributed by atoms with van der Waals surface area (Å²) in [4.78, 5) is 31.0. The number of thiazole rings is 1. The topological polar surface area (TPSA) is 80.3 Å². The van der Waals surface area contributed by atoms with Gasteiger partial charge in [0, 0.05) is 21.5 Å². The molecule has 0 spiro atoms. The van der Waals surface area contributed by atoms with Gasteiger partial charge in [0.25, 0.3) is 5.91 Å². The number of nitrogens with zero attached hydrogens (tertiary/aromatic N) is 1. The molecule has 0 bridgehead atoms. The highest BCUT2D eigenvalue weighted by Gasteiger charge is 2.17. The molecule has 2 aromatic heterocycles. The number of thiophene rings is 1. The van der Waals surface area contributed by atoms with Gasteiger partial charge in [-0.2, -0.15) is 0 Å². The second kappa shape index (κ2) is 11.3. The molecule has 2 heterocycles. The minimum atomic E-state index is -0.315. The van der Waals surface area contributed by atoms with Crippen molar-refractivity contribution in [3.05, 3.63) is 76.3 Å². The molecule has 1 atom stereocenters. The highest BCUT2D eigenvalue weighted by Crippen LogP contribution is 2.29. The Morgan fingerprint density at radius 2 is 1.79 bits per heavy atom. The van der Waals surface area contributed by atoms with E-state index in [1.165, 1.54) is 34.4 Å². The SMILES string of the molecule is CCOc1ccc(-c2csc(NC(=O)C(C)Sc3ccc(NC(=O)c4cccs4)cc3)n2)cc1. The largest absolute Gasteiger partial charge is 0.494 e. The van der Waals surface area contributed by atoms with Gasteiger partial charge in [-0.05, 0) is 73.8 Å². The number of thioether (sulfide) groups is 1. The summed E-state index contributed by atoms with van der Waals surface area (Å²) >= 11 is 4.24. The molecule has 0 aliphatic rings. The summed E-state index contributed by atoms with van der Waals surface area (Å²) in [5.74, 6) is 0.572. The van der Waals surface area contributed by atoms with Crippen molar-refractivity contribution >= 4 is 57.1 Å². The maximum absolute atomic E-state index is 12.7. The van der Waals surface area contributed by atoms with Crippen LogP contribution in [0, 0.1) is 0 Å². The molecule has 0 radical (unpaired) electrons. The lowest BCUT2D eigenvalue weighted by Crippen LogP contribution is -2.22. The molecule has 4 rings (SSSR count). The first-order valence-corrected chi connectivity index (χ1v) is 13.3.